The van der Waals surface area contributed by atoms with Crippen molar-refractivity contribution in [3.05, 3.63) is 0 Å². The maximum Gasteiger partial charge on any atom is 0.310 e. The molecule has 0 fully saturated rings. The third kappa shape index (κ3) is 5.53. The quantitative estimate of drug-likeness (QED) is 0.545. The van der Waals surface area contributed by atoms with Gasteiger partial charge in [-0.2, -0.15) is 0 Å². The van der Waals surface area contributed by atoms with Crippen LogP contribution < -0.4 is 0 Å². The van der Waals surface area contributed by atoms with Crippen molar-refractivity contribution < 1.29 is 14.0 Å². The van der Waals surface area contributed by atoms with Crippen LogP contribution in [-0.4, -0.2) is 28.0 Å². The fourth-order valence-corrected chi connectivity index (χ4v) is 2.54. The molecule has 3 nitrogen and oxygen atoms in total. The molecule has 0 saturated carbocycles. The van der Waals surface area contributed by atoms with E-state index < -0.39 is 8.32 Å². The van der Waals surface area contributed by atoms with Gasteiger partial charge in [0, 0.05) is 6.61 Å². The summed E-state index contributed by atoms with van der Waals surface area (Å²) in [4.78, 5) is 11.7. The Morgan fingerprint density at radius 2 is 1.72 bits per heavy atom. The summed E-state index contributed by atoms with van der Waals surface area (Å²) in [5, 5.41) is 0.172. The Kier molecular flexibility index (Phi) is 6.58. The first kappa shape index (κ1) is 17.6. The molecule has 0 aromatic rings. The largest absolute Gasteiger partial charge is 0.469 e. The van der Waals surface area contributed by atoms with Gasteiger partial charge in [0.25, 0.3) is 0 Å². The number of carbonyl (C=O) groups is 1. The lowest BCUT2D eigenvalue weighted by atomic mass is 9.98. The maximum absolute atomic E-state index is 11.7. The molecule has 0 amide bonds. The molecule has 18 heavy (non-hydrogen) atoms. The summed E-state index contributed by atoms with van der Waals surface area (Å²) in [6, 6.07) is 0. The van der Waals surface area contributed by atoms with E-state index in [2.05, 4.69) is 47.7 Å². The van der Waals surface area contributed by atoms with Crippen LogP contribution in [0.1, 0.15) is 41.0 Å². The van der Waals surface area contributed by atoms with Crippen LogP contribution in [-0.2, 0) is 14.0 Å². The van der Waals surface area contributed by atoms with Gasteiger partial charge < -0.3 is 9.16 Å². The van der Waals surface area contributed by atoms with Gasteiger partial charge in [0.15, 0.2) is 8.32 Å². The zero-order chi connectivity index (χ0) is 14.6. The molecule has 0 heterocycles. The minimum atomic E-state index is -1.79. The summed E-state index contributed by atoms with van der Waals surface area (Å²) < 4.78 is 11.0. The number of rotatable bonds is 6. The van der Waals surface area contributed by atoms with Crippen molar-refractivity contribution in [3.8, 4) is 0 Å². The van der Waals surface area contributed by atoms with Crippen molar-refractivity contribution in [2.75, 3.05) is 13.7 Å². The van der Waals surface area contributed by atoms with E-state index in [-0.39, 0.29) is 16.9 Å². The minimum Gasteiger partial charge on any atom is -0.469 e. The predicted molar refractivity (Wildman–Crippen MR) is 78.1 cm³/mol. The van der Waals surface area contributed by atoms with Crippen LogP contribution in [0.2, 0.25) is 18.1 Å². The van der Waals surface area contributed by atoms with Crippen molar-refractivity contribution in [1.82, 2.24) is 0 Å². The molecular formula is C14H30O3Si. The number of hydrogen-bond donors (Lipinski definition) is 0. The van der Waals surface area contributed by atoms with E-state index in [4.69, 9.17) is 9.16 Å². The number of esters is 1. The van der Waals surface area contributed by atoms with Gasteiger partial charge in [-0.05, 0) is 30.5 Å². The first-order chi connectivity index (χ1) is 8.01. The van der Waals surface area contributed by atoms with Crippen LogP contribution in [0.25, 0.3) is 0 Å². The van der Waals surface area contributed by atoms with Gasteiger partial charge in [-0.3, -0.25) is 4.79 Å². The number of methoxy groups -OCH3 is 1. The molecule has 0 aliphatic rings. The van der Waals surface area contributed by atoms with Crippen molar-refractivity contribution in [2.45, 2.75) is 59.2 Å². The predicted octanol–water partition coefficient (Wildman–Crippen LogP) is 3.84. The van der Waals surface area contributed by atoms with E-state index in [0.717, 1.165) is 6.42 Å². The number of hydrogen-bond acceptors (Lipinski definition) is 3. The molecule has 108 valence electrons. The van der Waals surface area contributed by atoms with Crippen LogP contribution in [0.4, 0.5) is 0 Å². The summed E-state index contributed by atoms with van der Waals surface area (Å²) in [7, 11) is -0.339. The second kappa shape index (κ2) is 6.71. The average Bonchev–Trinajstić information content (AvgIpc) is 2.21. The van der Waals surface area contributed by atoms with Gasteiger partial charge >= 0.3 is 5.97 Å². The van der Waals surface area contributed by atoms with Crippen LogP contribution in [0.5, 0.6) is 0 Å². The van der Waals surface area contributed by atoms with E-state index in [1.165, 1.54) is 7.11 Å². The minimum absolute atomic E-state index is 0.135. The standard InChI is InChI=1S/C14H30O3Si/c1-11(2)9-12(13(15)16-6)10-17-18(7,8)14(3,4)5/h11-12H,9-10H2,1-8H3/t12-/m0/s1. The highest BCUT2D eigenvalue weighted by atomic mass is 28.4. The Labute approximate surface area is 113 Å². The third-order valence-electron chi connectivity index (χ3n) is 3.74. The molecule has 0 saturated heterocycles. The summed E-state index contributed by atoms with van der Waals surface area (Å²) in [6.07, 6.45) is 0.821. The Morgan fingerprint density at radius 3 is 2.06 bits per heavy atom. The highest BCUT2D eigenvalue weighted by Crippen LogP contribution is 2.37. The van der Waals surface area contributed by atoms with E-state index in [1.54, 1.807) is 0 Å². The fraction of sp³-hybridized carbons (Fsp3) is 0.929. The Morgan fingerprint density at radius 1 is 1.22 bits per heavy atom. The van der Waals surface area contributed by atoms with Crippen LogP contribution in [0.3, 0.4) is 0 Å². The normalized spacial score (nSPS) is 14.7. The lowest BCUT2D eigenvalue weighted by Crippen LogP contribution is -2.42. The summed E-state index contributed by atoms with van der Waals surface area (Å²) in [5.41, 5.74) is 0. The topological polar surface area (TPSA) is 35.5 Å². The first-order valence-electron chi connectivity index (χ1n) is 6.73. The highest BCUT2D eigenvalue weighted by Gasteiger charge is 2.38. The molecule has 0 spiro atoms. The SMILES string of the molecule is COC(=O)[C@H](CO[Si](C)(C)C(C)(C)C)CC(C)C. The van der Waals surface area contributed by atoms with Gasteiger partial charge in [0.2, 0.25) is 0 Å². The molecule has 0 N–H and O–H groups in total. The zero-order valence-electron chi connectivity index (χ0n) is 13.3. The molecule has 0 aromatic heterocycles. The zero-order valence-corrected chi connectivity index (χ0v) is 14.3. The molecule has 4 heteroatoms. The molecular weight excluding hydrogens is 244 g/mol. The second-order valence-electron chi connectivity index (χ2n) is 6.92. The monoisotopic (exact) mass is 274 g/mol. The fourth-order valence-electron chi connectivity index (χ4n) is 1.49. The molecule has 0 aliphatic carbocycles. The molecule has 0 aromatic carbocycles. The number of carbonyl (C=O) groups excluding carboxylic acids is 1. The average molecular weight is 274 g/mol. The Hall–Kier alpha value is -0.353. The maximum atomic E-state index is 11.7. The van der Waals surface area contributed by atoms with E-state index >= 15 is 0 Å². The van der Waals surface area contributed by atoms with Crippen molar-refractivity contribution in [3.63, 3.8) is 0 Å². The van der Waals surface area contributed by atoms with Gasteiger partial charge in [0.05, 0.1) is 13.0 Å². The van der Waals surface area contributed by atoms with E-state index in [1.807, 2.05) is 0 Å². The van der Waals surface area contributed by atoms with Crippen LogP contribution in [0.15, 0.2) is 0 Å². The summed E-state index contributed by atoms with van der Waals surface area (Å²) in [6.45, 7) is 15.7. The number of ether oxygens (including phenoxy) is 1. The van der Waals surface area contributed by atoms with Crippen molar-refractivity contribution in [1.29, 1.82) is 0 Å². The molecule has 0 aliphatic heterocycles. The highest BCUT2D eigenvalue weighted by molar-refractivity contribution is 6.74. The van der Waals surface area contributed by atoms with Gasteiger partial charge in [-0.25, -0.2) is 0 Å². The molecule has 0 bridgehead atoms. The molecule has 0 radical (unpaired) electrons. The lowest BCUT2D eigenvalue weighted by Gasteiger charge is -2.37. The molecule has 0 rings (SSSR count). The second-order valence-corrected chi connectivity index (χ2v) is 11.7. The van der Waals surface area contributed by atoms with Crippen LogP contribution in [0, 0.1) is 11.8 Å². The van der Waals surface area contributed by atoms with E-state index in [9.17, 15) is 4.79 Å². The van der Waals surface area contributed by atoms with Gasteiger partial charge in [-0.15, -0.1) is 0 Å². The van der Waals surface area contributed by atoms with Crippen LogP contribution >= 0.6 is 0 Å². The molecule has 0 unspecified atom stereocenters. The summed E-state index contributed by atoms with van der Waals surface area (Å²) >= 11 is 0. The smallest absolute Gasteiger partial charge is 0.310 e. The van der Waals surface area contributed by atoms with Gasteiger partial charge in [-0.1, -0.05) is 34.6 Å². The Balaban J connectivity index is 4.57. The lowest BCUT2D eigenvalue weighted by molar-refractivity contribution is -0.147. The van der Waals surface area contributed by atoms with Crippen molar-refractivity contribution in [2.24, 2.45) is 11.8 Å². The summed E-state index contributed by atoms with van der Waals surface area (Å²) in [5.74, 6) is 0.184. The van der Waals surface area contributed by atoms with Gasteiger partial charge in [0.1, 0.15) is 0 Å². The Bertz CT molecular complexity index is 267. The first-order valence-corrected chi connectivity index (χ1v) is 9.64. The molecule has 1 atom stereocenters. The van der Waals surface area contributed by atoms with Crippen molar-refractivity contribution >= 4 is 14.3 Å². The third-order valence-corrected chi connectivity index (χ3v) is 8.24. The van der Waals surface area contributed by atoms with E-state index in [0.29, 0.717) is 12.5 Å².